The van der Waals surface area contributed by atoms with E-state index in [0.717, 1.165) is 19.3 Å². The standard InChI is InChI=1S/C10H19F3N2O2/c11-10(12,13)7-17-6-9(15-14)5-8-1-3-16-4-2-8/h8-9,15H,1-7,14H2. The van der Waals surface area contributed by atoms with Gasteiger partial charge in [-0.3, -0.25) is 11.3 Å². The smallest absolute Gasteiger partial charge is 0.381 e. The molecule has 0 aromatic heterocycles. The molecule has 1 heterocycles. The second-order valence-electron chi connectivity index (χ2n) is 4.29. The summed E-state index contributed by atoms with van der Waals surface area (Å²) >= 11 is 0. The van der Waals surface area contributed by atoms with Crippen LogP contribution in [0.4, 0.5) is 13.2 Å². The molecule has 1 saturated heterocycles. The van der Waals surface area contributed by atoms with Gasteiger partial charge in [-0.15, -0.1) is 0 Å². The number of nitrogens with two attached hydrogens (primary N) is 1. The van der Waals surface area contributed by atoms with Crippen LogP contribution in [0.5, 0.6) is 0 Å². The van der Waals surface area contributed by atoms with E-state index in [4.69, 9.17) is 10.6 Å². The van der Waals surface area contributed by atoms with E-state index in [2.05, 4.69) is 10.2 Å². The number of alkyl halides is 3. The van der Waals surface area contributed by atoms with Gasteiger partial charge in [0.05, 0.1) is 6.61 Å². The van der Waals surface area contributed by atoms with Crippen LogP contribution in [0.15, 0.2) is 0 Å². The fourth-order valence-corrected chi connectivity index (χ4v) is 1.89. The highest BCUT2D eigenvalue weighted by Crippen LogP contribution is 2.20. The van der Waals surface area contributed by atoms with Crippen LogP contribution in [0.1, 0.15) is 19.3 Å². The highest BCUT2D eigenvalue weighted by molar-refractivity contribution is 4.72. The topological polar surface area (TPSA) is 56.5 Å². The molecule has 0 aromatic carbocycles. The molecule has 1 aliphatic rings. The van der Waals surface area contributed by atoms with E-state index in [9.17, 15) is 13.2 Å². The van der Waals surface area contributed by atoms with Crippen molar-refractivity contribution < 1.29 is 22.6 Å². The van der Waals surface area contributed by atoms with E-state index < -0.39 is 12.8 Å². The summed E-state index contributed by atoms with van der Waals surface area (Å²) in [6, 6.07) is -0.236. The predicted octanol–water partition coefficient (Wildman–Crippen LogP) is 1.21. The van der Waals surface area contributed by atoms with Gasteiger partial charge in [0.1, 0.15) is 6.61 Å². The first-order valence-corrected chi connectivity index (χ1v) is 5.69. The van der Waals surface area contributed by atoms with Crippen LogP contribution >= 0.6 is 0 Å². The van der Waals surface area contributed by atoms with E-state index in [1.54, 1.807) is 0 Å². The molecule has 0 saturated carbocycles. The third kappa shape index (κ3) is 6.82. The lowest BCUT2D eigenvalue weighted by Gasteiger charge is -2.26. The molecule has 0 amide bonds. The zero-order valence-corrected chi connectivity index (χ0v) is 9.63. The summed E-state index contributed by atoms with van der Waals surface area (Å²) in [4.78, 5) is 0. The summed E-state index contributed by atoms with van der Waals surface area (Å²) in [6.45, 7) is 0.184. The lowest BCUT2D eigenvalue weighted by molar-refractivity contribution is -0.175. The average Bonchev–Trinajstić information content (AvgIpc) is 2.27. The predicted molar refractivity (Wildman–Crippen MR) is 56.1 cm³/mol. The maximum absolute atomic E-state index is 11.9. The Balaban J connectivity index is 2.18. The van der Waals surface area contributed by atoms with Crippen molar-refractivity contribution in [3.63, 3.8) is 0 Å². The van der Waals surface area contributed by atoms with Crippen molar-refractivity contribution >= 4 is 0 Å². The molecule has 4 nitrogen and oxygen atoms in total. The van der Waals surface area contributed by atoms with Crippen LogP contribution in [0.25, 0.3) is 0 Å². The summed E-state index contributed by atoms with van der Waals surface area (Å²) < 4.78 is 45.4. The number of hydrogen-bond acceptors (Lipinski definition) is 4. The Labute approximate surface area is 98.6 Å². The van der Waals surface area contributed by atoms with Gasteiger partial charge in [0, 0.05) is 19.3 Å². The Kier molecular flexibility index (Phi) is 6.18. The Morgan fingerprint density at radius 3 is 2.53 bits per heavy atom. The molecule has 0 spiro atoms. The number of nitrogens with one attached hydrogen (secondary N) is 1. The summed E-state index contributed by atoms with van der Waals surface area (Å²) in [5, 5.41) is 0. The van der Waals surface area contributed by atoms with Gasteiger partial charge in [-0.2, -0.15) is 13.2 Å². The molecule has 0 aliphatic carbocycles. The highest BCUT2D eigenvalue weighted by atomic mass is 19.4. The van der Waals surface area contributed by atoms with Crippen LogP contribution in [-0.4, -0.2) is 38.6 Å². The average molecular weight is 256 g/mol. The van der Waals surface area contributed by atoms with E-state index in [-0.39, 0.29) is 12.6 Å². The maximum Gasteiger partial charge on any atom is 0.411 e. The number of halogens is 3. The van der Waals surface area contributed by atoms with Crippen LogP contribution < -0.4 is 11.3 Å². The molecule has 17 heavy (non-hydrogen) atoms. The minimum atomic E-state index is -4.28. The third-order valence-electron chi connectivity index (χ3n) is 2.78. The zero-order valence-electron chi connectivity index (χ0n) is 9.63. The van der Waals surface area contributed by atoms with Crippen molar-refractivity contribution in [3.05, 3.63) is 0 Å². The van der Waals surface area contributed by atoms with Gasteiger partial charge in [0.2, 0.25) is 0 Å². The second kappa shape index (κ2) is 7.15. The molecule has 1 unspecified atom stereocenters. The van der Waals surface area contributed by atoms with Gasteiger partial charge >= 0.3 is 6.18 Å². The lowest BCUT2D eigenvalue weighted by Crippen LogP contribution is -2.41. The molecular weight excluding hydrogens is 237 g/mol. The molecule has 0 bridgehead atoms. The first-order chi connectivity index (χ1) is 8.01. The van der Waals surface area contributed by atoms with Crippen molar-refractivity contribution in [1.29, 1.82) is 0 Å². The normalized spacial score (nSPS) is 20.5. The van der Waals surface area contributed by atoms with E-state index in [1.807, 2.05) is 0 Å². The van der Waals surface area contributed by atoms with Crippen molar-refractivity contribution in [2.24, 2.45) is 11.8 Å². The Hall–Kier alpha value is -0.370. The maximum atomic E-state index is 11.9. The van der Waals surface area contributed by atoms with Gasteiger partial charge < -0.3 is 9.47 Å². The number of hydrazine groups is 1. The summed E-state index contributed by atoms with van der Waals surface area (Å²) in [5.74, 6) is 5.74. The monoisotopic (exact) mass is 256 g/mol. The largest absolute Gasteiger partial charge is 0.411 e. The number of ether oxygens (including phenoxy) is 2. The van der Waals surface area contributed by atoms with E-state index >= 15 is 0 Å². The van der Waals surface area contributed by atoms with Crippen LogP contribution in [0.2, 0.25) is 0 Å². The van der Waals surface area contributed by atoms with Crippen LogP contribution in [-0.2, 0) is 9.47 Å². The SMILES string of the molecule is NNC(COCC(F)(F)F)CC1CCOCC1. The van der Waals surface area contributed by atoms with Crippen LogP contribution in [0, 0.1) is 5.92 Å². The molecule has 1 rings (SSSR count). The van der Waals surface area contributed by atoms with Gasteiger partial charge in [-0.05, 0) is 25.2 Å². The number of hydrogen-bond donors (Lipinski definition) is 2. The lowest BCUT2D eigenvalue weighted by atomic mass is 9.93. The Morgan fingerprint density at radius 1 is 1.35 bits per heavy atom. The van der Waals surface area contributed by atoms with Crippen molar-refractivity contribution in [2.45, 2.75) is 31.5 Å². The Bertz CT molecular complexity index is 208. The number of rotatable bonds is 6. The molecule has 1 atom stereocenters. The quantitative estimate of drug-likeness (QED) is 0.554. The van der Waals surface area contributed by atoms with Gasteiger partial charge in [-0.25, -0.2) is 0 Å². The molecule has 0 radical (unpaired) electrons. The molecule has 1 fully saturated rings. The van der Waals surface area contributed by atoms with Crippen molar-refractivity contribution in [1.82, 2.24) is 5.43 Å². The summed E-state index contributed by atoms with van der Waals surface area (Å²) in [5.41, 5.74) is 2.50. The minimum Gasteiger partial charge on any atom is -0.381 e. The van der Waals surface area contributed by atoms with Crippen molar-refractivity contribution in [3.8, 4) is 0 Å². The highest BCUT2D eigenvalue weighted by Gasteiger charge is 2.28. The fraction of sp³-hybridized carbons (Fsp3) is 1.00. The van der Waals surface area contributed by atoms with E-state index in [1.165, 1.54) is 0 Å². The van der Waals surface area contributed by atoms with Gasteiger partial charge in [-0.1, -0.05) is 0 Å². The fourth-order valence-electron chi connectivity index (χ4n) is 1.89. The van der Waals surface area contributed by atoms with Crippen LogP contribution in [0.3, 0.4) is 0 Å². The summed E-state index contributed by atoms with van der Waals surface area (Å²) in [6.07, 6.45) is -1.70. The summed E-state index contributed by atoms with van der Waals surface area (Å²) in [7, 11) is 0. The van der Waals surface area contributed by atoms with Crippen molar-refractivity contribution in [2.75, 3.05) is 26.4 Å². The minimum absolute atomic E-state index is 0.0205. The van der Waals surface area contributed by atoms with Gasteiger partial charge in [0.15, 0.2) is 0 Å². The molecular formula is C10H19F3N2O2. The molecule has 1 aliphatic heterocycles. The molecule has 102 valence electrons. The molecule has 7 heteroatoms. The first kappa shape index (κ1) is 14.7. The zero-order chi connectivity index (χ0) is 12.7. The third-order valence-corrected chi connectivity index (χ3v) is 2.78. The second-order valence-corrected chi connectivity index (χ2v) is 4.29. The van der Waals surface area contributed by atoms with Gasteiger partial charge in [0.25, 0.3) is 0 Å². The Morgan fingerprint density at radius 2 is 2.00 bits per heavy atom. The first-order valence-electron chi connectivity index (χ1n) is 5.69. The van der Waals surface area contributed by atoms with E-state index in [0.29, 0.717) is 19.1 Å². The molecule has 3 N–H and O–H groups in total. The molecule has 0 aromatic rings.